The molecule has 2 aromatic rings. The molecule has 1 amide bonds. The van der Waals surface area contributed by atoms with Gasteiger partial charge in [-0.15, -0.1) is 11.8 Å². The number of carbonyl (C=O) groups is 1. The molecule has 126 valence electrons. The lowest BCUT2D eigenvalue weighted by Crippen LogP contribution is -2.43. The normalized spacial score (nSPS) is 15.2. The van der Waals surface area contributed by atoms with Crippen LogP contribution in [-0.4, -0.2) is 22.7 Å². The van der Waals surface area contributed by atoms with Crippen molar-refractivity contribution >= 4 is 23.5 Å². The lowest BCUT2D eigenvalue weighted by Gasteiger charge is -2.33. The highest BCUT2D eigenvalue weighted by Crippen LogP contribution is 2.28. The average Bonchev–Trinajstić information content (AvgIpc) is 2.63. The molecule has 0 bridgehead atoms. The highest BCUT2D eigenvalue weighted by Gasteiger charge is 2.27. The molecule has 24 heavy (non-hydrogen) atoms. The van der Waals surface area contributed by atoms with Gasteiger partial charge >= 0.3 is 0 Å². The van der Waals surface area contributed by atoms with Crippen LogP contribution in [0.2, 0.25) is 0 Å². The van der Waals surface area contributed by atoms with Crippen molar-refractivity contribution in [1.82, 2.24) is 4.98 Å². The molecule has 1 aromatic carbocycles. The van der Waals surface area contributed by atoms with Gasteiger partial charge in [0.1, 0.15) is 5.82 Å². The van der Waals surface area contributed by atoms with Gasteiger partial charge in [-0.05, 0) is 44.0 Å². The third-order valence-corrected chi connectivity index (χ3v) is 5.48. The zero-order valence-corrected chi connectivity index (χ0v) is 15.0. The Kier molecular flexibility index (Phi) is 5.91. The molecule has 1 aliphatic rings. The number of pyridine rings is 1. The van der Waals surface area contributed by atoms with Gasteiger partial charge in [-0.1, -0.05) is 43.0 Å². The van der Waals surface area contributed by atoms with Crippen LogP contribution in [0.4, 0.5) is 5.82 Å². The fraction of sp³-hybridized carbons (Fsp3) is 0.400. The molecule has 1 aromatic heterocycles. The van der Waals surface area contributed by atoms with E-state index in [4.69, 9.17) is 0 Å². The monoisotopic (exact) mass is 340 g/mol. The fourth-order valence-electron chi connectivity index (χ4n) is 3.20. The van der Waals surface area contributed by atoms with Crippen LogP contribution in [-0.2, 0) is 4.79 Å². The first kappa shape index (κ1) is 17.0. The van der Waals surface area contributed by atoms with Crippen molar-refractivity contribution in [1.29, 1.82) is 0 Å². The Labute approximate surface area is 148 Å². The van der Waals surface area contributed by atoms with E-state index in [2.05, 4.69) is 36.2 Å². The fourth-order valence-corrected chi connectivity index (χ4v) is 3.96. The third kappa shape index (κ3) is 4.38. The predicted octanol–water partition coefficient (Wildman–Crippen LogP) is 4.85. The van der Waals surface area contributed by atoms with E-state index in [-0.39, 0.29) is 5.91 Å². The van der Waals surface area contributed by atoms with Crippen molar-refractivity contribution in [3.05, 3.63) is 54.2 Å². The minimum absolute atomic E-state index is 0.158. The van der Waals surface area contributed by atoms with Crippen LogP contribution in [0.25, 0.3) is 0 Å². The molecular weight excluding hydrogens is 316 g/mol. The highest BCUT2D eigenvalue weighted by atomic mass is 32.2. The van der Waals surface area contributed by atoms with Gasteiger partial charge in [0.2, 0.25) is 5.91 Å². The third-order valence-electron chi connectivity index (χ3n) is 4.49. The Morgan fingerprint density at radius 3 is 2.54 bits per heavy atom. The molecule has 3 rings (SSSR count). The zero-order valence-electron chi connectivity index (χ0n) is 14.1. The lowest BCUT2D eigenvalue weighted by molar-refractivity contribution is -0.116. The molecule has 3 nitrogen and oxygen atoms in total. The molecule has 0 unspecified atom stereocenters. The van der Waals surface area contributed by atoms with E-state index in [0.717, 1.165) is 23.6 Å². The molecule has 1 fully saturated rings. The van der Waals surface area contributed by atoms with Crippen LogP contribution in [0.1, 0.15) is 37.7 Å². The molecule has 0 N–H and O–H groups in total. The molecule has 0 atom stereocenters. The highest BCUT2D eigenvalue weighted by molar-refractivity contribution is 8.00. The summed E-state index contributed by atoms with van der Waals surface area (Å²) in [5.41, 5.74) is 1.24. The predicted molar refractivity (Wildman–Crippen MR) is 100 cm³/mol. The molecule has 1 heterocycles. The topological polar surface area (TPSA) is 33.2 Å². The largest absolute Gasteiger partial charge is 0.293 e. The van der Waals surface area contributed by atoms with Gasteiger partial charge in [0.05, 0.1) is 5.75 Å². The van der Waals surface area contributed by atoms with E-state index >= 15 is 0 Å². The van der Waals surface area contributed by atoms with Crippen molar-refractivity contribution < 1.29 is 4.79 Å². The molecular formula is C20H24N2OS. The van der Waals surface area contributed by atoms with E-state index in [1.54, 1.807) is 18.0 Å². The van der Waals surface area contributed by atoms with Gasteiger partial charge in [-0.2, -0.15) is 0 Å². The minimum atomic E-state index is 0.158. The first-order valence-corrected chi connectivity index (χ1v) is 9.65. The van der Waals surface area contributed by atoms with E-state index in [9.17, 15) is 4.79 Å². The van der Waals surface area contributed by atoms with E-state index in [1.165, 1.54) is 24.8 Å². The summed E-state index contributed by atoms with van der Waals surface area (Å²) in [6.07, 6.45) is 7.61. The maximum absolute atomic E-state index is 12.9. The van der Waals surface area contributed by atoms with Crippen molar-refractivity contribution in [3.8, 4) is 0 Å². The number of rotatable bonds is 5. The van der Waals surface area contributed by atoms with Gasteiger partial charge in [0.15, 0.2) is 0 Å². The van der Waals surface area contributed by atoms with Crippen molar-refractivity contribution in [2.75, 3.05) is 10.7 Å². The van der Waals surface area contributed by atoms with Gasteiger partial charge in [0, 0.05) is 17.1 Å². The van der Waals surface area contributed by atoms with Crippen LogP contribution in [0.3, 0.4) is 0 Å². The summed E-state index contributed by atoms with van der Waals surface area (Å²) in [6, 6.07) is 14.4. The second-order valence-electron chi connectivity index (χ2n) is 6.35. The SMILES string of the molecule is Cc1ccc(SCC(=O)N(c2ccccn2)C2CCCCC2)cc1. The number of carbonyl (C=O) groups excluding carboxylic acids is 1. The number of anilines is 1. The smallest absolute Gasteiger partial charge is 0.238 e. The quantitative estimate of drug-likeness (QED) is 0.730. The lowest BCUT2D eigenvalue weighted by atomic mass is 9.94. The van der Waals surface area contributed by atoms with E-state index in [0.29, 0.717) is 11.8 Å². The number of hydrogen-bond acceptors (Lipinski definition) is 3. The summed E-state index contributed by atoms with van der Waals surface area (Å²) in [4.78, 5) is 20.5. The number of hydrogen-bond donors (Lipinski definition) is 0. The van der Waals surface area contributed by atoms with Crippen molar-refractivity contribution in [2.24, 2.45) is 0 Å². The Hall–Kier alpha value is -1.81. The Bertz CT molecular complexity index is 651. The summed E-state index contributed by atoms with van der Waals surface area (Å²) in [6.45, 7) is 2.07. The van der Waals surface area contributed by atoms with Crippen LogP contribution in [0.15, 0.2) is 53.6 Å². The van der Waals surface area contributed by atoms with Gasteiger partial charge in [-0.3, -0.25) is 9.69 Å². The summed E-state index contributed by atoms with van der Waals surface area (Å²) >= 11 is 1.61. The second-order valence-corrected chi connectivity index (χ2v) is 7.39. The van der Waals surface area contributed by atoms with Crippen LogP contribution in [0, 0.1) is 6.92 Å². The minimum Gasteiger partial charge on any atom is -0.293 e. The molecule has 0 spiro atoms. The molecule has 0 radical (unpaired) electrons. The average molecular weight is 340 g/mol. The zero-order chi connectivity index (χ0) is 16.8. The summed E-state index contributed by atoms with van der Waals surface area (Å²) in [5.74, 6) is 1.40. The number of amides is 1. The Morgan fingerprint density at radius 2 is 1.88 bits per heavy atom. The maximum atomic E-state index is 12.9. The number of aryl methyl sites for hydroxylation is 1. The van der Waals surface area contributed by atoms with E-state index < -0.39 is 0 Å². The van der Waals surface area contributed by atoms with Gasteiger partial charge in [0.25, 0.3) is 0 Å². The van der Waals surface area contributed by atoms with Crippen molar-refractivity contribution in [3.63, 3.8) is 0 Å². The number of nitrogens with zero attached hydrogens (tertiary/aromatic N) is 2. The summed E-state index contributed by atoms with van der Waals surface area (Å²) in [5, 5.41) is 0. The van der Waals surface area contributed by atoms with Crippen LogP contribution >= 0.6 is 11.8 Å². The molecule has 0 aliphatic heterocycles. The van der Waals surface area contributed by atoms with Crippen LogP contribution in [0.5, 0.6) is 0 Å². The molecule has 1 aliphatic carbocycles. The molecule has 1 saturated carbocycles. The number of aromatic nitrogens is 1. The summed E-state index contributed by atoms with van der Waals surface area (Å²) in [7, 11) is 0. The maximum Gasteiger partial charge on any atom is 0.238 e. The standard InChI is InChI=1S/C20H24N2OS/c1-16-10-12-18(13-11-16)24-15-20(23)22(17-7-3-2-4-8-17)19-9-5-6-14-21-19/h5-6,9-14,17H,2-4,7-8,15H2,1H3. The number of thioether (sulfide) groups is 1. The first-order chi connectivity index (χ1) is 11.7. The molecule has 0 saturated heterocycles. The summed E-state index contributed by atoms with van der Waals surface area (Å²) < 4.78 is 0. The van der Waals surface area contributed by atoms with Crippen LogP contribution < -0.4 is 4.90 Å². The van der Waals surface area contributed by atoms with Crippen molar-refractivity contribution in [2.45, 2.75) is 50.0 Å². The second kappa shape index (κ2) is 8.34. The molecule has 4 heteroatoms. The Balaban J connectivity index is 1.72. The van der Waals surface area contributed by atoms with E-state index in [1.807, 2.05) is 23.1 Å². The van der Waals surface area contributed by atoms with Gasteiger partial charge < -0.3 is 0 Å². The number of benzene rings is 1. The van der Waals surface area contributed by atoms with Gasteiger partial charge in [-0.25, -0.2) is 4.98 Å². The Morgan fingerprint density at radius 1 is 1.12 bits per heavy atom. The first-order valence-electron chi connectivity index (χ1n) is 8.66.